The van der Waals surface area contributed by atoms with Crippen molar-refractivity contribution in [2.24, 2.45) is 0 Å². The zero-order chi connectivity index (χ0) is 19.6. The average molecular weight is 390 g/mol. The molecule has 9 heteroatoms. The molecule has 27 heavy (non-hydrogen) atoms. The fourth-order valence-corrected chi connectivity index (χ4v) is 3.75. The molecule has 0 aliphatic carbocycles. The van der Waals surface area contributed by atoms with E-state index in [-0.39, 0.29) is 11.7 Å². The summed E-state index contributed by atoms with van der Waals surface area (Å²) in [5.41, 5.74) is 2.65. The number of imidazole rings is 1. The Balaban J connectivity index is 1.94. The highest BCUT2D eigenvalue weighted by atomic mass is 32.2. The number of nitrogens with zero attached hydrogens (tertiary/aromatic N) is 2. The number of sulfonamides is 1. The summed E-state index contributed by atoms with van der Waals surface area (Å²) in [7, 11) is 2.96. The van der Waals surface area contributed by atoms with E-state index in [4.69, 9.17) is 9.47 Å². The van der Waals surface area contributed by atoms with Gasteiger partial charge in [0.1, 0.15) is 22.5 Å². The number of ether oxygens (including phenoxy) is 2. The molecule has 0 radical (unpaired) electrons. The minimum atomic E-state index is -3.86. The molecular formula is C18H22N4O4S. The van der Waals surface area contributed by atoms with Gasteiger partial charge in [0.2, 0.25) is 5.16 Å². The van der Waals surface area contributed by atoms with E-state index in [0.717, 1.165) is 11.3 Å². The maximum Gasteiger partial charge on any atom is 0.274 e. The number of anilines is 1. The van der Waals surface area contributed by atoms with Crippen LogP contribution in [0.25, 0.3) is 11.0 Å². The SMILES string of the molecule is COc1ccc(OC)c2[nH]c(S(=O)(=O)NCc3ccccc3N(C)C)nc12. The standard InChI is InChI=1S/C18H22N4O4S/c1-22(2)13-8-6-5-7-12(13)11-19-27(23,24)18-20-16-14(25-3)9-10-15(26-4)17(16)21-18/h5-10,19H,11H2,1-4H3,(H,20,21). The maximum absolute atomic E-state index is 12.8. The van der Waals surface area contributed by atoms with Crippen LogP contribution in [0.1, 0.15) is 5.56 Å². The summed E-state index contributed by atoms with van der Waals surface area (Å²) in [4.78, 5) is 8.97. The normalized spacial score (nSPS) is 11.6. The Morgan fingerprint density at radius 1 is 1.07 bits per heavy atom. The number of fused-ring (bicyclic) bond motifs is 1. The monoisotopic (exact) mass is 390 g/mol. The molecule has 144 valence electrons. The molecule has 2 aromatic carbocycles. The fraction of sp³-hybridized carbons (Fsp3) is 0.278. The number of hydrogen-bond acceptors (Lipinski definition) is 6. The van der Waals surface area contributed by atoms with Gasteiger partial charge in [-0.25, -0.2) is 18.1 Å². The van der Waals surface area contributed by atoms with Crippen LogP contribution < -0.4 is 19.1 Å². The largest absolute Gasteiger partial charge is 0.494 e. The first kappa shape index (κ1) is 19.0. The molecule has 0 spiro atoms. The third kappa shape index (κ3) is 3.69. The summed E-state index contributed by atoms with van der Waals surface area (Å²) in [6.45, 7) is 0.141. The van der Waals surface area contributed by atoms with E-state index >= 15 is 0 Å². The molecule has 2 N–H and O–H groups in total. The molecule has 0 bridgehead atoms. The van der Waals surface area contributed by atoms with Crippen LogP contribution in [0.4, 0.5) is 5.69 Å². The van der Waals surface area contributed by atoms with Crippen molar-refractivity contribution in [1.29, 1.82) is 0 Å². The van der Waals surface area contributed by atoms with Crippen LogP contribution in [0.15, 0.2) is 41.6 Å². The van der Waals surface area contributed by atoms with Gasteiger partial charge < -0.3 is 19.4 Å². The Morgan fingerprint density at radius 3 is 2.41 bits per heavy atom. The molecule has 3 rings (SSSR count). The Bertz CT molecular complexity index is 1020. The van der Waals surface area contributed by atoms with E-state index in [0.29, 0.717) is 22.5 Å². The smallest absolute Gasteiger partial charge is 0.274 e. The predicted octanol–water partition coefficient (Wildman–Crippen LogP) is 2.12. The van der Waals surface area contributed by atoms with Gasteiger partial charge in [0, 0.05) is 26.3 Å². The number of H-pyrrole nitrogens is 1. The van der Waals surface area contributed by atoms with Crippen molar-refractivity contribution in [3.8, 4) is 11.5 Å². The fourth-order valence-electron chi connectivity index (χ4n) is 2.82. The first-order chi connectivity index (χ1) is 12.9. The van der Waals surface area contributed by atoms with E-state index in [1.165, 1.54) is 14.2 Å². The number of methoxy groups -OCH3 is 2. The van der Waals surface area contributed by atoms with Gasteiger partial charge in [-0.05, 0) is 23.8 Å². The third-order valence-corrected chi connectivity index (χ3v) is 5.40. The van der Waals surface area contributed by atoms with Gasteiger partial charge in [0.15, 0.2) is 0 Å². The molecule has 0 unspecified atom stereocenters. The van der Waals surface area contributed by atoms with Crippen molar-refractivity contribution in [3.05, 3.63) is 42.0 Å². The van der Waals surface area contributed by atoms with E-state index in [2.05, 4.69) is 14.7 Å². The molecule has 8 nitrogen and oxygen atoms in total. The van der Waals surface area contributed by atoms with Gasteiger partial charge in [0.05, 0.1) is 14.2 Å². The van der Waals surface area contributed by atoms with Gasteiger partial charge >= 0.3 is 0 Å². The van der Waals surface area contributed by atoms with Crippen molar-refractivity contribution in [2.75, 3.05) is 33.2 Å². The lowest BCUT2D eigenvalue weighted by molar-refractivity contribution is 0.409. The average Bonchev–Trinajstić information content (AvgIpc) is 3.12. The number of aromatic amines is 1. The highest BCUT2D eigenvalue weighted by Crippen LogP contribution is 2.32. The number of nitrogens with one attached hydrogen (secondary N) is 2. The summed E-state index contributed by atoms with van der Waals surface area (Å²) < 4.78 is 38.6. The minimum absolute atomic E-state index is 0.141. The highest BCUT2D eigenvalue weighted by molar-refractivity contribution is 7.89. The number of aromatic nitrogens is 2. The van der Waals surface area contributed by atoms with Crippen molar-refractivity contribution >= 4 is 26.7 Å². The summed E-state index contributed by atoms with van der Waals surface area (Å²) in [5, 5.41) is -0.192. The van der Waals surface area contributed by atoms with Crippen LogP contribution in [0.5, 0.6) is 11.5 Å². The minimum Gasteiger partial charge on any atom is -0.494 e. The zero-order valence-corrected chi connectivity index (χ0v) is 16.4. The van der Waals surface area contributed by atoms with Gasteiger partial charge in [-0.15, -0.1) is 0 Å². The molecule has 1 heterocycles. The van der Waals surface area contributed by atoms with E-state index in [1.54, 1.807) is 12.1 Å². The summed E-state index contributed by atoms with van der Waals surface area (Å²) >= 11 is 0. The van der Waals surface area contributed by atoms with Crippen LogP contribution in [0.3, 0.4) is 0 Å². The maximum atomic E-state index is 12.8. The van der Waals surface area contributed by atoms with Gasteiger partial charge in [-0.3, -0.25) is 0 Å². The number of benzene rings is 2. The molecule has 3 aromatic rings. The number of rotatable bonds is 7. The first-order valence-corrected chi connectivity index (χ1v) is 9.71. The Labute approximate surface area is 158 Å². The lowest BCUT2D eigenvalue weighted by Gasteiger charge is -2.17. The Kier molecular flexibility index (Phi) is 5.24. The Morgan fingerprint density at radius 2 is 1.74 bits per heavy atom. The Hall–Kier alpha value is -2.78. The third-order valence-electron chi connectivity index (χ3n) is 4.17. The van der Waals surface area contributed by atoms with Gasteiger partial charge in [-0.2, -0.15) is 0 Å². The summed E-state index contributed by atoms with van der Waals surface area (Å²) in [6, 6.07) is 11.0. The zero-order valence-electron chi connectivity index (χ0n) is 15.6. The molecule has 0 saturated heterocycles. The van der Waals surface area contributed by atoms with Crippen molar-refractivity contribution in [3.63, 3.8) is 0 Å². The molecule has 0 atom stereocenters. The highest BCUT2D eigenvalue weighted by Gasteiger charge is 2.22. The second kappa shape index (κ2) is 7.45. The second-order valence-electron chi connectivity index (χ2n) is 6.08. The van der Waals surface area contributed by atoms with Gasteiger partial charge in [0.25, 0.3) is 10.0 Å². The van der Waals surface area contributed by atoms with Crippen LogP contribution in [0.2, 0.25) is 0 Å². The van der Waals surface area contributed by atoms with Crippen LogP contribution in [-0.2, 0) is 16.6 Å². The van der Waals surface area contributed by atoms with E-state index in [9.17, 15) is 8.42 Å². The molecule has 0 fully saturated rings. The number of hydrogen-bond donors (Lipinski definition) is 2. The molecule has 1 aromatic heterocycles. The quantitative estimate of drug-likeness (QED) is 0.642. The van der Waals surface area contributed by atoms with Crippen molar-refractivity contribution < 1.29 is 17.9 Å². The van der Waals surface area contributed by atoms with Crippen LogP contribution >= 0.6 is 0 Å². The molecule has 0 aliphatic rings. The molecule has 0 amide bonds. The summed E-state index contributed by atoms with van der Waals surface area (Å²) in [6.07, 6.45) is 0. The topological polar surface area (TPSA) is 96.5 Å². The van der Waals surface area contributed by atoms with E-state index in [1.807, 2.05) is 43.3 Å². The van der Waals surface area contributed by atoms with Crippen LogP contribution in [-0.4, -0.2) is 46.7 Å². The van der Waals surface area contributed by atoms with Crippen LogP contribution in [0, 0.1) is 0 Å². The predicted molar refractivity (Wildman–Crippen MR) is 104 cm³/mol. The van der Waals surface area contributed by atoms with Crippen molar-refractivity contribution in [1.82, 2.24) is 14.7 Å². The first-order valence-electron chi connectivity index (χ1n) is 8.23. The molecular weight excluding hydrogens is 368 g/mol. The molecule has 0 saturated carbocycles. The lowest BCUT2D eigenvalue weighted by Crippen LogP contribution is -2.25. The van der Waals surface area contributed by atoms with Crippen molar-refractivity contribution in [2.45, 2.75) is 11.7 Å². The summed E-state index contributed by atoms with van der Waals surface area (Å²) in [5.74, 6) is 0.944. The van der Waals surface area contributed by atoms with Gasteiger partial charge in [-0.1, -0.05) is 18.2 Å². The lowest BCUT2D eigenvalue weighted by atomic mass is 10.1. The number of para-hydroxylation sites is 1. The molecule has 0 aliphatic heterocycles. The van der Waals surface area contributed by atoms with E-state index < -0.39 is 10.0 Å². The second-order valence-corrected chi connectivity index (χ2v) is 7.77.